The van der Waals surface area contributed by atoms with Crippen LogP contribution in [0.4, 0.5) is 10.1 Å². The van der Waals surface area contributed by atoms with Crippen LogP contribution in [0.1, 0.15) is 49.0 Å². The Morgan fingerprint density at radius 2 is 1.53 bits per heavy atom. The number of carbonyl (C=O) groups excluding carboxylic acids is 2. The summed E-state index contributed by atoms with van der Waals surface area (Å²) in [6.07, 6.45) is 0.387. The first kappa shape index (κ1) is 25.5. The molecule has 2 amide bonds. The van der Waals surface area contributed by atoms with Crippen LogP contribution in [-0.4, -0.2) is 31.3 Å². The third-order valence-corrected chi connectivity index (χ3v) is 7.65. The van der Waals surface area contributed by atoms with Gasteiger partial charge < -0.3 is 10.6 Å². The molecule has 36 heavy (non-hydrogen) atoms. The molecule has 1 aliphatic carbocycles. The van der Waals surface area contributed by atoms with Crippen LogP contribution in [0.2, 0.25) is 0 Å². The lowest BCUT2D eigenvalue weighted by Crippen LogP contribution is -2.47. The topological polar surface area (TPSA) is 104 Å². The molecule has 1 saturated carbocycles. The molecular weight excluding hydrogens is 481 g/mol. The molecule has 0 unspecified atom stereocenters. The highest BCUT2D eigenvalue weighted by Gasteiger charge is 2.61. The van der Waals surface area contributed by atoms with Crippen molar-refractivity contribution in [3.63, 3.8) is 0 Å². The van der Waals surface area contributed by atoms with Crippen molar-refractivity contribution in [2.24, 2.45) is 0 Å². The highest BCUT2D eigenvalue weighted by atomic mass is 32.2. The fraction of sp³-hybridized carbons (Fsp3) is 0.259. The maximum atomic E-state index is 13.5. The quantitative estimate of drug-likeness (QED) is 0.444. The van der Waals surface area contributed by atoms with E-state index in [2.05, 4.69) is 15.4 Å². The van der Waals surface area contributed by atoms with Gasteiger partial charge in [0.15, 0.2) is 0 Å². The smallest absolute Gasteiger partial charge is 0.252 e. The summed E-state index contributed by atoms with van der Waals surface area (Å²) in [7, 11) is -3.72. The molecule has 0 heterocycles. The zero-order valence-electron chi connectivity index (χ0n) is 20.2. The molecule has 3 aromatic rings. The Morgan fingerprint density at radius 1 is 0.917 bits per heavy atom. The second-order valence-corrected chi connectivity index (χ2v) is 11.6. The van der Waals surface area contributed by atoms with Crippen molar-refractivity contribution in [3.05, 3.63) is 95.8 Å². The van der Waals surface area contributed by atoms with E-state index in [9.17, 15) is 22.4 Å². The van der Waals surface area contributed by atoms with Gasteiger partial charge in [-0.15, -0.1) is 0 Å². The van der Waals surface area contributed by atoms with E-state index in [0.29, 0.717) is 12.1 Å². The fourth-order valence-electron chi connectivity index (χ4n) is 4.09. The lowest BCUT2D eigenvalue weighted by atomic mass is 10.0. The summed E-state index contributed by atoms with van der Waals surface area (Å²) < 4.78 is 41.0. The van der Waals surface area contributed by atoms with E-state index in [1.807, 2.05) is 30.3 Å². The second-order valence-electron chi connectivity index (χ2n) is 9.93. The van der Waals surface area contributed by atoms with Crippen LogP contribution in [-0.2, 0) is 14.8 Å². The van der Waals surface area contributed by atoms with E-state index in [1.54, 1.807) is 20.8 Å². The average molecular weight is 510 g/mol. The highest BCUT2D eigenvalue weighted by molar-refractivity contribution is 7.89. The minimum atomic E-state index is -3.72. The van der Waals surface area contributed by atoms with E-state index in [0.717, 1.165) is 5.56 Å². The number of halogens is 1. The summed E-state index contributed by atoms with van der Waals surface area (Å²) >= 11 is 0. The van der Waals surface area contributed by atoms with Crippen molar-refractivity contribution in [1.29, 1.82) is 0 Å². The van der Waals surface area contributed by atoms with Gasteiger partial charge in [-0.25, -0.2) is 17.5 Å². The molecule has 0 spiro atoms. The predicted molar refractivity (Wildman–Crippen MR) is 136 cm³/mol. The highest BCUT2D eigenvalue weighted by Crippen LogP contribution is 2.52. The zero-order valence-corrected chi connectivity index (χ0v) is 21.0. The number of anilines is 1. The van der Waals surface area contributed by atoms with Crippen LogP contribution in [0.3, 0.4) is 0 Å². The van der Waals surface area contributed by atoms with Gasteiger partial charge in [0.1, 0.15) is 11.4 Å². The summed E-state index contributed by atoms with van der Waals surface area (Å²) in [5.74, 6) is -1.62. The molecular formula is C27H28FN3O4S. The van der Waals surface area contributed by atoms with Gasteiger partial charge in [-0.2, -0.15) is 0 Å². The molecule has 3 aromatic carbocycles. The maximum absolute atomic E-state index is 13.5. The molecule has 2 atom stereocenters. The summed E-state index contributed by atoms with van der Waals surface area (Å²) in [6.45, 7) is 5.24. The van der Waals surface area contributed by atoms with Crippen LogP contribution in [0.25, 0.3) is 0 Å². The number of rotatable bonds is 7. The van der Waals surface area contributed by atoms with Crippen LogP contribution in [0, 0.1) is 5.82 Å². The third-order valence-electron chi connectivity index (χ3n) is 5.87. The molecule has 1 aliphatic rings. The van der Waals surface area contributed by atoms with E-state index >= 15 is 0 Å². The number of sulfonamides is 1. The standard InChI is InChI=1S/C27H28FN3O4S/c1-26(2,3)31-36(34,35)22-15-13-21(14-16-22)29-25(33)27(17-23(27)18-7-5-4-6-8-18)30-24(32)19-9-11-20(28)12-10-19/h4-16,23,31H,17H2,1-3H3,(H,29,33)(H,30,32)/t23-,27+/m0/s1. The first-order valence-corrected chi connectivity index (χ1v) is 13.0. The van der Waals surface area contributed by atoms with E-state index < -0.39 is 38.7 Å². The zero-order chi connectivity index (χ0) is 26.1. The van der Waals surface area contributed by atoms with Crippen LogP contribution in [0.15, 0.2) is 83.8 Å². The number of amides is 2. The first-order valence-electron chi connectivity index (χ1n) is 11.5. The molecule has 3 N–H and O–H groups in total. The Hall–Kier alpha value is -3.56. The SMILES string of the molecule is CC(C)(C)NS(=O)(=O)c1ccc(NC(=O)[C@@]2(NC(=O)c3ccc(F)cc3)C[C@H]2c2ccccc2)cc1. The molecule has 4 rings (SSSR count). The third kappa shape index (κ3) is 5.63. The van der Waals surface area contributed by atoms with Gasteiger partial charge in [-0.1, -0.05) is 30.3 Å². The largest absolute Gasteiger partial charge is 0.337 e. The molecule has 0 bridgehead atoms. The number of benzene rings is 3. The van der Waals surface area contributed by atoms with E-state index in [1.165, 1.54) is 48.5 Å². The van der Waals surface area contributed by atoms with Crippen molar-refractivity contribution >= 4 is 27.5 Å². The van der Waals surface area contributed by atoms with Crippen molar-refractivity contribution in [3.8, 4) is 0 Å². The molecule has 0 radical (unpaired) electrons. The summed E-state index contributed by atoms with van der Waals surface area (Å²) in [4.78, 5) is 26.5. The van der Waals surface area contributed by atoms with Crippen molar-refractivity contribution in [2.75, 3.05) is 5.32 Å². The van der Waals surface area contributed by atoms with Gasteiger partial charge in [0.25, 0.3) is 11.8 Å². The predicted octanol–water partition coefficient (Wildman–Crippen LogP) is 4.20. The number of hydrogen-bond acceptors (Lipinski definition) is 4. The van der Waals surface area contributed by atoms with Crippen LogP contribution in [0.5, 0.6) is 0 Å². The Morgan fingerprint density at radius 3 is 2.11 bits per heavy atom. The van der Waals surface area contributed by atoms with Gasteiger partial charge in [-0.05, 0) is 81.3 Å². The Kier molecular flexibility index (Phi) is 6.72. The maximum Gasteiger partial charge on any atom is 0.252 e. The fourth-order valence-corrected chi connectivity index (χ4v) is 5.51. The molecule has 0 aromatic heterocycles. The molecule has 7 nitrogen and oxygen atoms in total. The summed E-state index contributed by atoms with van der Waals surface area (Å²) in [6, 6.07) is 20.3. The molecule has 0 aliphatic heterocycles. The lowest BCUT2D eigenvalue weighted by Gasteiger charge is -2.21. The number of hydrogen-bond donors (Lipinski definition) is 3. The van der Waals surface area contributed by atoms with Crippen LogP contribution < -0.4 is 15.4 Å². The molecule has 9 heteroatoms. The Labute approximate surface area is 210 Å². The Bertz CT molecular complexity index is 1370. The molecule has 0 saturated heterocycles. The van der Waals surface area contributed by atoms with Crippen molar-refractivity contribution in [1.82, 2.24) is 10.0 Å². The summed E-state index contributed by atoms with van der Waals surface area (Å²) in [5.41, 5.74) is -0.307. The molecule has 188 valence electrons. The normalized spacial score (nSPS) is 19.4. The monoisotopic (exact) mass is 509 g/mol. The van der Waals surface area contributed by atoms with Gasteiger partial charge >= 0.3 is 0 Å². The first-order chi connectivity index (χ1) is 16.9. The van der Waals surface area contributed by atoms with Gasteiger partial charge in [0, 0.05) is 22.7 Å². The average Bonchev–Trinajstić information content (AvgIpc) is 3.54. The number of carbonyl (C=O) groups is 2. The van der Waals surface area contributed by atoms with Gasteiger partial charge in [0.05, 0.1) is 4.90 Å². The Balaban J connectivity index is 1.55. The minimum Gasteiger partial charge on any atom is -0.337 e. The van der Waals surface area contributed by atoms with Gasteiger partial charge in [0.2, 0.25) is 10.0 Å². The summed E-state index contributed by atoms with van der Waals surface area (Å²) in [5, 5.41) is 5.66. The van der Waals surface area contributed by atoms with Crippen molar-refractivity contribution in [2.45, 2.75) is 49.1 Å². The van der Waals surface area contributed by atoms with Gasteiger partial charge in [-0.3, -0.25) is 9.59 Å². The second kappa shape index (κ2) is 9.48. The minimum absolute atomic E-state index is 0.0725. The van der Waals surface area contributed by atoms with Crippen LogP contribution >= 0.6 is 0 Å². The molecule has 1 fully saturated rings. The lowest BCUT2D eigenvalue weighted by molar-refractivity contribution is -0.119. The van der Waals surface area contributed by atoms with Crippen molar-refractivity contribution < 1.29 is 22.4 Å². The van der Waals surface area contributed by atoms with E-state index in [4.69, 9.17) is 0 Å². The number of nitrogens with one attached hydrogen (secondary N) is 3. The van der Waals surface area contributed by atoms with E-state index in [-0.39, 0.29) is 16.4 Å².